The Kier molecular flexibility index (Phi) is 3.13. The van der Waals surface area contributed by atoms with Gasteiger partial charge in [0, 0.05) is 17.5 Å². The summed E-state index contributed by atoms with van der Waals surface area (Å²) in [7, 11) is 0. The number of fused-ring (bicyclic) bond motifs is 1. The number of hydrogen-bond acceptors (Lipinski definition) is 3. The molecule has 0 radical (unpaired) electrons. The summed E-state index contributed by atoms with van der Waals surface area (Å²) in [6.07, 6.45) is 1.26. The first-order valence-corrected chi connectivity index (χ1v) is 5.67. The highest BCUT2D eigenvalue weighted by Crippen LogP contribution is 2.30. The maximum atomic E-state index is 11.5. The van der Waals surface area contributed by atoms with Crippen LogP contribution in [-0.2, 0) is 11.2 Å². The lowest BCUT2D eigenvalue weighted by Crippen LogP contribution is -2.25. The summed E-state index contributed by atoms with van der Waals surface area (Å²) >= 11 is 0. The van der Waals surface area contributed by atoms with E-state index in [2.05, 4.69) is 0 Å². The molecule has 1 atom stereocenters. The highest BCUT2D eigenvalue weighted by molar-refractivity contribution is 6.01. The highest BCUT2D eigenvalue weighted by atomic mass is 16.5. The third kappa shape index (κ3) is 2.30. The van der Waals surface area contributed by atoms with Gasteiger partial charge >= 0.3 is 0 Å². The van der Waals surface area contributed by atoms with Crippen LogP contribution in [0.15, 0.2) is 18.2 Å². The smallest absolute Gasteiger partial charge is 0.223 e. The molecule has 4 nitrogen and oxygen atoms in total. The normalized spacial score (nSPS) is 15.5. The summed E-state index contributed by atoms with van der Waals surface area (Å²) in [4.78, 5) is 22.4. The minimum Gasteiger partial charge on any atom is -0.492 e. The molecular weight excluding hydrogens is 218 g/mol. The van der Waals surface area contributed by atoms with E-state index < -0.39 is 0 Å². The fourth-order valence-electron chi connectivity index (χ4n) is 1.89. The third-order valence-corrected chi connectivity index (χ3v) is 3.01. The van der Waals surface area contributed by atoms with Crippen LogP contribution < -0.4 is 10.5 Å². The van der Waals surface area contributed by atoms with Crippen molar-refractivity contribution in [3.05, 3.63) is 29.3 Å². The number of benzene rings is 1. The van der Waals surface area contributed by atoms with Crippen molar-refractivity contribution >= 4 is 11.7 Å². The van der Waals surface area contributed by atoms with Crippen LogP contribution in [0.1, 0.15) is 29.3 Å². The molecular formula is C13H15NO3. The minimum atomic E-state index is -0.381. The summed E-state index contributed by atoms with van der Waals surface area (Å²) in [5.74, 6) is 0.145. The van der Waals surface area contributed by atoms with Gasteiger partial charge in [-0.05, 0) is 12.5 Å². The van der Waals surface area contributed by atoms with Crippen molar-refractivity contribution in [1.29, 1.82) is 0 Å². The molecule has 2 N–H and O–H groups in total. The van der Waals surface area contributed by atoms with Crippen molar-refractivity contribution in [3.8, 4) is 5.75 Å². The molecule has 1 aliphatic rings. The van der Waals surface area contributed by atoms with E-state index in [0.29, 0.717) is 12.2 Å². The van der Waals surface area contributed by atoms with Crippen LogP contribution >= 0.6 is 0 Å². The molecule has 1 aliphatic carbocycles. The van der Waals surface area contributed by atoms with E-state index in [9.17, 15) is 9.59 Å². The second-order valence-electron chi connectivity index (χ2n) is 4.32. The van der Waals surface area contributed by atoms with Crippen LogP contribution in [0.25, 0.3) is 0 Å². The van der Waals surface area contributed by atoms with Gasteiger partial charge in [-0.2, -0.15) is 0 Å². The van der Waals surface area contributed by atoms with Gasteiger partial charge in [-0.3, -0.25) is 9.59 Å². The van der Waals surface area contributed by atoms with Crippen molar-refractivity contribution in [1.82, 2.24) is 0 Å². The van der Waals surface area contributed by atoms with Crippen molar-refractivity contribution in [2.45, 2.75) is 19.8 Å². The molecule has 1 aromatic carbocycles. The van der Waals surface area contributed by atoms with Crippen LogP contribution in [0.5, 0.6) is 5.75 Å². The monoisotopic (exact) mass is 233 g/mol. The Morgan fingerprint density at radius 3 is 2.94 bits per heavy atom. The quantitative estimate of drug-likeness (QED) is 0.852. The molecule has 0 spiro atoms. The summed E-state index contributed by atoms with van der Waals surface area (Å²) in [6.45, 7) is 1.97. The first-order valence-electron chi connectivity index (χ1n) is 5.67. The number of nitrogens with two attached hydrogens (primary N) is 1. The van der Waals surface area contributed by atoms with E-state index in [1.54, 1.807) is 13.0 Å². The highest BCUT2D eigenvalue weighted by Gasteiger charge is 2.23. The number of rotatable bonds is 4. The van der Waals surface area contributed by atoms with Gasteiger partial charge in [0.15, 0.2) is 5.78 Å². The largest absolute Gasteiger partial charge is 0.492 e. The zero-order valence-corrected chi connectivity index (χ0v) is 9.73. The summed E-state index contributed by atoms with van der Waals surface area (Å²) in [5, 5.41) is 0. The molecule has 4 heteroatoms. The first kappa shape index (κ1) is 11.6. The van der Waals surface area contributed by atoms with Gasteiger partial charge in [0.05, 0.1) is 12.5 Å². The van der Waals surface area contributed by atoms with Crippen molar-refractivity contribution in [2.75, 3.05) is 6.61 Å². The Labute approximate surface area is 99.8 Å². The number of ether oxygens (including phenoxy) is 1. The second-order valence-corrected chi connectivity index (χ2v) is 4.32. The number of primary amides is 1. The fraction of sp³-hybridized carbons (Fsp3) is 0.385. The molecule has 0 heterocycles. The third-order valence-electron chi connectivity index (χ3n) is 3.01. The van der Waals surface area contributed by atoms with Crippen LogP contribution in [0.2, 0.25) is 0 Å². The average Bonchev–Trinajstić information content (AvgIpc) is 2.69. The molecule has 0 aliphatic heterocycles. The van der Waals surface area contributed by atoms with Crippen LogP contribution in [0, 0.1) is 5.92 Å². The van der Waals surface area contributed by atoms with E-state index in [0.717, 1.165) is 17.5 Å². The molecule has 17 heavy (non-hydrogen) atoms. The van der Waals surface area contributed by atoms with Gasteiger partial charge in [0.25, 0.3) is 0 Å². The van der Waals surface area contributed by atoms with Crippen molar-refractivity contribution in [3.63, 3.8) is 0 Å². The minimum absolute atomic E-state index is 0.161. The molecule has 0 bridgehead atoms. The number of Topliss-reactive ketones (excluding diaryl/α,β-unsaturated/α-hetero) is 1. The van der Waals surface area contributed by atoms with Gasteiger partial charge in [0.2, 0.25) is 5.91 Å². The molecule has 1 aromatic rings. The Hall–Kier alpha value is -1.84. The second kappa shape index (κ2) is 4.57. The Bertz CT molecular complexity index is 468. The lowest BCUT2D eigenvalue weighted by atomic mass is 10.1. The zero-order chi connectivity index (χ0) is 12.4. The number of ketones is 1. The van der Waals surface area contributed by atoms with Gasteiger partial charge in [-0.15, -0.1) is 0 Å². The molecule has 90 valence electrons. The molecule has 1 unspecified atom stereocenters. The lowest BCUT2D eigenvalue weighted by Gasteiger charge is -2.12. The Morgan fingerprint density at radius 1 is 1.47 bits per heavy atom. The predicted molar refractivity (Wildman–Crippen MR) is 62.9 cm³/mol. The van der Waals surface area contributed by atoms with Crippen LogP contribution in [-0.4, -0.2) is 18.3 Å². The van der Waals surface area contributed by atoms with E-state index in [1.165, 1.54) is 0 Å². The van der Waals surface area contributed by atoms with Gasteiger partial charge in [-0.1, -0.05) is 19.1 Å². The average molecular weight is 233 g/mol. The van der Waals surface area contributed by atoms with E-state index in [4.69, 9.17) is 10.5 Å². The Balaban J connectivity index is 2.13. The molecule has 0 fully saturated rings. The van der Waals surface area contributed by atoms with E-state index in [-0.39, 0.29) is 24.2 Å². The Morgan fingerprint density at radius 2 is 2.24 bits per heavy atom. The number of hydrogen-bond donors (Lipinski definition) is 1. The number of carbonyl (C=O) groups is 2. The summed E-state index contributed by atoms with van der Waals surface area (Å²) < 4.78 is 5.57. The van der Waals surface area contributed by atoms with E-state index in [1.807, 2.05) is 12.1 Å². The van der Waals surface area contributed by atoms with Crippen molar-refractivity contribution < 1.29 is 14.3 Å². The van der Waals surface area contributed by atoms with Gasteiger partial charge < -0.3 is 10.5 Å². The summed E-state index contributed by atoms with van der Waals surface area (Å²) in [6, 6.07) is 5.44. The van der Waals surface area contributed by atoms with Gasteiger partial charge in [-0.25, -0.2) is 0 Å². The molecule has 0 saturated carbocycles. The number of amides is 1. The molecule has 2 rings (SSSR count). The van der Waals surface area contributed by atoms with Crippen LogP contribution in [0.4, 0.5) is 0 Å². The molecule has 1 amide bonds. The van der Waals surface area contributed by atoms with Crippen LogP contribution in [0.3, 0.4) is 0 Å². The predicted octanol–water partition coefficient (Wildman–Crippen LogP) is 1.32. The maximum absolute atomic E-state index is 11.5. The first-order chi connectivity index (χ1) is 8.09. The van der Waals surface area contributed by atoms with Crippen molar-refractivity contribution in [2.24, 2.45) is 11.7 Å². The SMILES string of the molecule is CC(COc1cccc2c1CCC2=O)C(N)=O. The standard InChI is InChI=1S/C13H15NO3/c1-8(13(14)16)7-17-12-4-2-3-9-10(12)5-6-11(9)15/h2-4,8H,5-7H2,1H3,(H2,14,16). The summed E-state index contributed by atoms with van der Waals surface area (Å²) in [5.41, 5.74) is 6.86. The molecule has 0 aromatic heterocycles. The topological polar surface area (TPSA) is 69.4 Å². The number of carbonyl (C=O) groups excluding carboxylic acids is 2. The van der Waals surface area contributed by atoms with Gasteiger partial charge in [0.1, 0.15) is 5.75 Å². The lowest BCUT2D eigenvalue weighted by molar-refractivity contribution is -0.122. The van der Waals surface area contributed by atoms with E-state index >= 15 is 0 Å². The fourth-order valence-corrected chi connectivity index (χ4v) is 1.89. The maximum Gasteiger partial charge on any atom is 0.223 e. The molecule has 0 saturated heterocycles. The zero-order valence-electron chi connectivity index (χ0n) is 9.73.